The number of ketones is 1. The van der Waals surface area contributed by atoms with Crippen molar-refractivity contribution in [3.8, 4) is 0 Å². The molecule has 1 aliphatic rings. The highest BCUT2D eigenvalue weighted by Gasteiger charge is 2.31. The molecule has 0 bridgehead atoms. The Bertz CT molecular complexity index is 443. The molecule has 0 saturated heterocycles. The zero-order chi connectivity index (χ0) is 14.6. The van der Waals surface area contributed by atoms with Gasteiger partial charge in [-0.2, -0.15) is 5.10 Å². The van der Waals surface area contributed by atoms with Crippen molar-refractivity contribution in [3.05, 3.63) is 18.0 Å². The minimum atomic E-state index is -0.686. The van der Waals surface area contributed by atoms with Gasteiger partial charge >= 0.3 is 0 Å². The van der Waals surface area contributed by atoms with Crippen LogP contribution in [0.2, 0.25) is 0 Å². The van der Waals surface area contributed by atoms with Gasteiger partial charge in [0.1, 0.15) is 5.60 Å². The highest BCUT2D eigenvalue weighted by atomic mass is 16.5. The molecule has 0 radical (unpaired) electrons. The number of hydrogen-bond donors (Lipinski definition) is 0. The predicted octanol–water partition coefficient (Wildman–Crippen LogP) is 3.32. The van der Waals surface area contributed by atoms with Crippen LogP contribution in [0.5, 0.6) is 0 Å². The van der Waals surface area contributed by atoms with Crippen LogP contribution in [0, 0.1) is 0 Å². The molecule has 0 amide bonds. The average Bonchev–Trinajstić information content (AvgIpc) is 2.95. The summed E-state index contributed by atoms with van der Waals surface area (Å²) in [6.45, 7) is 3.83. The van der Waals surface area contributed by atoms with E-state index in [4.69, 9.17) is 4.74 Å². The fourth-order valence-electron chi connectivity index (χ4n) is 2.83. The van der Waals surface area contributed by atoms with Crippen LogP contribution < -0.4 is 0 Å². The van der Waals surface area contributed by atoms with Gasteiger partial charge in [-0.1, -0.05) is 26.2 Å². The lowest BCUT2D eigenvalue weighted by Gasteiger charge is -2.24. The van der Waals surface area contributed by atoms with Crippen molar-refractivity contribution in [2.75, 3.05) is 7.11 Å². The first-order valence-electron chi connectivity index (χ1n) is 7.71. The van der Waals surface area contributed by atoms with E-state index in [1.165, 1.54) is 32.1 Å². The number of rotatable bonds is 6. The van der Waals surface area contributed by atoms with Crippen LogP contribution in [-0.2, 0) is 16.0 Å². The fraction of sp³-hybridized carbons (Fsp3) is 0.750. The Labute approximate surface area is 121 Å². The zero-order valence-corrected chi connectivity index (χ0v) is 12.9. The van der Waals surface area contributed by atoms with Gasteiger partial charge in [-0.25, -0.2) is 0 Å². The molecule has 112 valence electrons. The molecule has 0 aromatic carbocycles. The van der Waals surface area contributed by atoms with Crippen LogP contribution in [0.4, 0.5) is 0 Å². The Morgan fingerprint density at radius 3 is 2.75 bits per heavy atom. The van der Waals surface area contributed by atoms with Crippen LogP contribution in [0.25, 0.3) is 0 Å². The number of carbonyl (C=O) groups is 1. The first-order valence-corrected chi connectivity index (χ1v) is 7.71. The van der Waals surface area contributed by atoms with Gasteiger partial charge in [-0.3, -0.25) is 9.48 Å². The van der Waals surface area contributed by atoms with E-state index in [0.29, 0.717) is 18.9 Å². The second-order valence-corrected chi connectivity index (χ2v) is 5.97. The van der Waals surface area contributed by atoms with Gasteiger partial charge in [-0.05, 0) is 32.3 Å². The highest BCUT2D eigenvalue weighted by Crippen LogP contribution is 2.27. The largest absolute Gasteiger partial charge is 0.371 e. The van der Waals surface area contributed by atoms with Gasteiger partial charge < -0.3 is 4.74 Å². The molecule has 1 saturated carbocycles. The molecule has 1 aromatic heterocycles. The molecule has 20 heavy (non-hydrogen) atoms. The maximum absolute atomic E-state index is 12.3. The Morgan fingerprint density at radius 2 is 2.15 bits per heavy atom. The van der Waals surface area contributed by atoms with Gasteiger partial charge in [0, 0.05) is 13.3 Å². The lowest BCUT2D eigenvalue weighted by Crippen LogP contribution is -2.38. The molecule has 0 N–H and O–H groups in total. The zero-order valence-electron chi connectivity index (χ0n) is 12.9. The lowest BCUT2D eigenvalue weighted by atomic mass is 9.94. The molecule has 0 aliphatic heterocycles. The van der Waals surface area contributed by atoms with Gasteiger partial charge in [0.15, 0.2) is 5.78 Å². The molecular weight excluding hydrogens is 252 g/mol. The van der Waals surface area contributed by atoms with E-state index in [0.717, 1.165) is 5.69 Å². The van der Waals surface area contributed by atoms with E-state index in [1.54, 1.807) is 7.11 Å². The van der Waals surface area contributed by atoms with Crippen LogP contribution in [0.3, 0.4) is 0 Å². The van der Waals surface area contributed by atoms with E-state index in [9.17, 15) is 4.79 Å². The summed E-state index contributed by atoms with van der Waals surface area (Å²) in [7, 11) is 1.60. The number of ether oxygens (including phenoxy) is 1. The van der Waals surface area contributed by atoms with E-state index in [-0.39, 0.29) is 5.78 Å². The summed E-state index contributed by atoms with van der Waals surface area (Å²) in [5, 5.41) is 4.60. The molecule has 1 aliphatic carbocycles. The van der Waals surface area contributed by atoms with Gasteiger partial charge in [0.25, 0.3) is 0 Å². The monoisotopic (exact) mass is 278 g/mol. The normalized spacial score (nSPS) is 19.8. The van der Waals surface area contributed by atoms with E-state index < -0.39 is 5.60 Å². The maximum Gasteiger partial charge on any atom is 0.170 e. The van der Waals surface area contributed by atoms with Crippen molar-refractivity contribution in [3.63, 3.8) is 0 Å². The number of nitrogens with zero attached hydrogens (tertiary/aromatic N) is 2. The van der Waals surface area contributed by atoms with Crippen molar-refractivity contribution in [1.82, 2.24) is 9.78 Å². The third-order valence-electron chi connectivity index (χ3n) is 4.67. The van der Waals surface area contributed by atoms with Crippen LogP contribution in [-0.4, -0.2) is 28.3 Å². The van der Waals surface area contributed by atoms with E-state index in [1.807, 2.05) is 26.1 Å². The lowest BCUT2D eigenvalue weighted by molar-refractivity contribution is -0.138. The predicted molar refractivity (Wildman–Crippen MR) is 78.8 cm³/mol. The van der Waals surface area contributed by atoms with Crippen LogP contribution >= 0.6 is 0 Å². The Kier molecular flexibility index (Phi) is 4.97. The van der Waals surface area contributed by atoms with E-state index >= 15 is 0 Å². The number of Topliss-reactive ketones (excluding diaryl/α,β-unsaturated/α-hetero) is 1. The highest BCUT2D eigenvalue weighted by molar-refractivity contribution is 5.88. The molecule has 0 spiro atoms. The standard InChI is InChI=1S/C16H26N2O2/c1-4-16(2,20-3)15(19)12-13-10-11-18(17-13)14-8-6-5-7-9-14/h10-11,14H,4-9,12H2,1-3H3. The molecule has 1 unspecified atom stereocenters. The van der Waals surface area contributed by atoms with Gasteiger partial charge in [0.05, 0.1) is 18.2 Å². The second kappa shape index (κ2) is 6.53. The van der Waals surface area contributed by atoms with Gasteiger partial charge in [0.2, 0.25) is 0 Å². The Balaban J connectivity index is 2.00. The molecule has 1 aromatic rings. The van der Waals surface area contributed by atoms with Crippen molar-refractivity contribution >= 4 is 5.78 Å². The summed E-state index contributed by atoms with van der Waals surface area (Å²) in [6, 6.07) is 2.49. The summed E-state index contributed by atoms with van der Waals surface area (Å²) in [6.07, 6.45) is 9.40. The SMILES string of the molecule is CCC(C)(OC)C(=O)Cc1ccn(C2CCCCC2)n1. The summed E-state index contributed by atoms with van der Waals surface area (Å²) in [5.74, 6) is 0.108. The second-order valence-electron chi connectivity index (χ2n) is 5.97. The minimum Gasteiger partial charge on any atom is -0.371 e. The first kappa shape index (κ1) is 15.2. The number of carbonyl (C=O) groups excluding carboxylic acids is 1. The summed E-state index contributed by atoms with van der Waals surface area (Å²) in [4.78, 5) is 12.3. The molecule has 4 nitrogen and oxygen atoms in total. The number of methoxy groups -OCH3 is 1. The number of aromatic nitrogens is 2. The average molecular weight is 278 g/mol. The molecular formula is C16H26N2O2. The third kappa shape index (κ3) is 3.29. The smallest absolute Gasteiger partial charge is 0.170 e. The fourth-order valence-corrected chi connectivity index (χ4v) is 2.83. The number of hydrogen-bond acceptors (Lipinski definition) is 3. The third-order valence-corrected chi connectivity index (χ3v) is 4.67. The van der Waals surface area contributed by atoms with Crippen molar-refractivity contribution in [1.29, 1.82) is 0 Å². The van der Waals surface area contributed by atoms with E-state index in [2.05, 4.69) is 9.78 Å². The van der Waals surface area contributed by atoms with Gasteiger partial charge in [-0.15, -0.1) is 0 Å². The summed E-state index contributed by atoms with van der Waals surface area (Å²) >= 11 is 0. The van der Waals surface area contributed by atoms with Crippen molar-refractivity contribution in [2.45, 2.75) is 70.4 Å². The maximum atomic E-state index is 12.3. The van der Waals surface area contributed by atoms with Crippen LogP contribution in [0.15, 0.2) is 12.3 Å². The summed E-state index contributed by atoms with van der Waals surface area (Å²) in [5.41, 5.74) is 0.173. The van der Waals surface area contributed by atoms with Crippen LogP contribution in [0.1, 0.15) is 64.1 Å². The molecule has 1 atom stereocenters. The Morgan fingerprint density at radius 1 is 1.45 bits per heavy atom. The minimum absolute atomic E-state index is 0.108. The first-order chi connectivity index (χ1) is 9.59. The van der Waals surface area contributed by atoms with Crippen molar-refractivity contribution < 1.29 is 9.53 Å². The Hall–Kier alpha value is -1.16. The molecule has 1 heterocycles. The molecule has 2 rings (SSSR count). The molecule has 1 fully saturated rings. The summed E-state index contributed by atoms with van der Waals surface area (Å²) < 4.78 is 7.41. The van der Waals surface area contributed by atoms with Crippen molar-refractivity contribution in [2.24, 2.45) is 0 Å². The molecule has 4 heteroatoms. The topological polar surface area (TPSA) is 44.1 Å². The quantitative estimate of drug-likeness (QED) is 0.802.